The van der Waals surface area contributed by atoms with E-state index < -0.39 is 0 Å². The lowest BCUT2D eigenvalue weighted by Crippen LogP contribution is -2.33. The van der Waals surface area contributed by atoms with Crippen LogP contribution in [-0.4, -0.2) is 30.1 Å². The lowest BCUT2D eigenvalue weighted by molar-refractivity contribution is -0.119. The summed E-state index contributed by atoms with van der Waals surface area (Å²) in [6.45, 7) is 2.48. The van der Waals surface area contributed by atoms with E-state index in [0.717, 1.165) is 5.56 Å². The van der Waals surface area contributed by atoms with Gasteiger partial charge in [-0.3, -0.25) is 10.2 Å². The lowest BCUT2D eigenvalue weighted by atomic mass is 10.1. The van der Waals surface area contributed by atoms with Crippen LogP contribution in [0.2, 0.25) is 0 Å². The Morgan fingerprint density at radius 3 is 2.67 bits per heavy atom. The van der Waals surface area contributed by atoms with Crippen LogP contribution >= 0.6 is 0 Å². The van der Waals surface area contributed by atoms with Crippen LogP contribution in [-0.2, 0) is 16.0 Å². The van der Waals surface area contributed by atoms with E-state index in [1.54, 1.807) is 24.3 Å². The predicted octanol–water partition coefficient (Wildman–Crippen LogP) is 1.45. The van der Waals surface area contributed by atoms with E-state index in [1.807, 2.05) is 6.92 Å². The van der Waals surface area contributed by atoms with Crippen molar-refractivity contribution in [3.05, 3.63) is 29.8 Å². The molecule has 0 aliphatic heterocycles. The molecule has 0 fully saturated rings. The minimum absolute atomic E-state index is 0.0764. The SMILES string of the molecule is CCOCC(=N)NC(=O)CCc1ccc(O)cc1. The Morgan fingerprint density at radius 1 is 1.39 bits per heavy atom. The fourth-order valence-electron chi connectivity index (χ4n) is 1.39. The topological polar surface area (TPSA) is 82.4 Å². The summed E-state index contributed by atoms with van der Waals surface area (Å²) in [4.78, 5) is 11.5. The van der Waals surface area contributed by atoms with Crippen molar-refractivity contribution < 1.29 is 14.6 Å². The number of carbonyl (C=O) groups excluding carboxylic acids is 1. The van der Waals surface area contributed by atoms with Gasteiger partial charge >= 0.3 is 0 Å². The van der Waals surface area contributed by atoms with E-state index in [9.17, 15) is 4.79 Å². The number of amides is 1. The zero-order valence-electron chi connectivity index (χ0n) is 10.4. The van der Waals surface area contributed by atoms with E-state index in [4.69, 9.17) is 15.3 Å². The first kappa shape index (κ1) is 14.2. The van der Waals surface area contributed by atoms with Gasteiger partial charge in [-0.05, 0) is 31.0 Å². The van der Waals surface area contributed by atoms with Crippen molar-refractivity contribution in [3.63, 3.8) is 0 Å². The average molecular weight is 250 g/mol. The number of hydrogen-bond acceptors (Lipinski definition) is 4. The van der Waals surface area contributed by atoms with Gasteiger partial charge < -0.3 is 15.2 Å². The molecule has 1 aromatic carbocycles. The van der Waals surface area contributed by atoms with Crippen LogP contribution in [0, 0.1) is 5.41 Å². The maximum atomic E-state index is 11.5. The molecule has 0 aliphatic carbocycles. The largest absolute Gasteiger partial charge is 0.508 e. The molecular weight excluding hydrogens is 232 g/mol. The van der Waals surface area contributed by atoms with E-state index in [2.05, 4.69) is 5.32 Å². The van der Waals surface area contributed by atoms with Gasteiger partial charge in [0.05, 0.1) is 0 Å². The van der Waals surface area contributed by atoms with Gasteiger partial charge in [-0.2, -0.15) is 0 Å². The van der Waals surface area contributed by atoms with Gasteiger partial charge in [-0.1, -0.05) is 12.1 Å². The predicted molar refractivity (Wildman–Crippen MR) is 68.8 cm³/mol. The molecule has 0 saturated carbocycles. The van der Waals surface area contributed by atoms with Gasteiger partial charge in [0.25, 0.3) is 0 Å². The zero-order valence-corrected chi connectivity index (χ0v) is 10.4. The minimum atomic E-state index is -0.201. The molecule has 1 rings (SSSR count). The first-order chi connectivity index (χ1) is 8.61. The average Bonchev–Trinajstić information content (AvgIpc) is 2.35. The van der Waals surface area contributed by atoms with E-state index in [0.29, 0.717) is 19.4 Å². The summed E-state index contributed by atoms with van der Waals surface area (Å²) >= 11 is 0. The number of ether oxygens (including phenoxy) is 1. The Kier molecular flexibility index (Phi) is 5.87. The molecule has 0 bridgehead atoms. The monoisotopic (exact) mass is 250 g/mol. The highest BCUT2D eigenvalue weighted by atomic mass is 16.5. The van der Waals surface area contributed by atoms with E-state index in [1.165, 1.54) is 0 Å². The van der Waals surface area contributed by atoms with Crippen molar-refractivity contribution in [2.24, 2.45) is 0 Å². The normalized spacial score (nSPS) is 10.1. The summed E-state index contributed by atoms with van der Waals surface area (Å²) in [6.07, 6.45) is 0.882. The van der Waals surface area contributed by atoms with Crippen molar-refractivity contribution in [2.45, 2.75) is 19.8 Å². The van der Waals surface area contributed by atoms with Crippen LogP contribution in [0.15, 0.2) is 24.3 Å². The quantitative estimate of drug-likeness (QED) is 0.528. The number of nitrogens with one attached hydrogen (secondary N) is 2. The van der Waals surface area contributed by atoms with Crippen molar-refractivity contribution in [1.82, 2.24) is 5.32 Å². The summed E-state index contributed by atoms with van der Waals surface area (Å²) in [7, 11) is 0. The Labute approximate surface area is 106 Å². The molecule has 98 valence electrons. The van der Waals surface area contributed by atoms with Crippen molar-refractivity contribution in [3.8, 4) is 5.75 Å². The second-order valence-corrected chi connectivity index (χ2v) is 3.83. The number of hydrogen-bond donors (Lipinski definition) is 3. The fourth-order valence-corrected chi connectivity index (χ4v) is 1.39. The van der Waals surface area contributed by atoms with Gasteiger partial charge in [0, 0.05) is 13.0 Å². The Morgan fingerprint density at radius 2 is 2.06 bits per heavy atom. The molecule has 0 spiro atoms. The molecule has 1 amide bonds. The van der Waals surface area contributed by atoms with Gasteiger partial charge in [0.15, 0.2) is 0 Å². The summed E-state index contributed by atoms with van der Waals surface area (Å²) in [5, 5.41) is 19.0. The molecule has 0 heterocycles. The molecule has 18 heavy (non-hydrogen) atoms. The van der Waals surface area contributed by atoms with Crippen LogP contribution in [0.4, 0.5) is 0 Å². The van der Waals surface area contributed by atoms with Crippen LogP contribution < -0.4 is 5.32 Å². The maximum Gasteiger partial charge on any atom is 0.225 e. The van der Waals surface area contributed by atoms with Gasteiger partial charge in [0.1, 0.15) is 18.2 Å². The third-order valence-electron chi connectivity index (χ3n) is 2.32. The standard InChI is InChI=1S/C13H18N2O3/c1-2-18-9-12(14)15-13(17)8-5-10-3-6-11(16)7-4-10/h3-4,6-7,16H,2,5,8-9H2,1H3,(H2,14,15,17). The molecule has 5 nitrogen and oxygen atoms in total. The Balaban J connectivity index is 2.28. The summed E-state index contributed by atoms with van der Waals surface area (Å²) in [5.41, 5.74) is 0.972. The number of phenolic OH excluding ortho intramolecular Hbond substituents is 1. The number of carbonyl (C=O) groups is 1. The highest BCUT2D eigenvalue weighted by Crippen LogP contribution is 2.10. The van der Waals surface area contributed by atoms with E-state index in [-0.39, 0.29) is 24.1 Å². The van der Waals surface area contributed by atoms with Crippen LogP contribution in [0.1, 0.15) is 18.9 Å². The minimum Gasteiger partial charge on any atom is -0.508 e. The molecule has 0 saturated heterocycles. The maximum absolute atomic E-state index is 11.5. The van der Waals surface area contributed by atoms with Crippen molar-refractivity contribution in [2.75, 3.05) is 13.2 Å². The molecule has 5 heteroatoms. The third-order valence-corrected chi connectivity index (χ3v) is 2.32. The van der Waals surface area contributed by atoms with Crippen LogP contribution in [0.3, 0.4) is 0 Å². The van der Waals surface area contributed by atoms with Gasteiger partial charge in [0.2, 0.25) is 5.91 Å². The number of aromatic hydroxyl groups is 1. The number of amidine groups is 1. The lowest BCUT2D eigenvalue weighted by Gasteiger charge is -2.06. The first-order valence-electron chi connectivity index (χ1n) is 5.84. The third kappa shape index (κ3) is 5.45. The fraction of sp³-hybridized carbons (Fsp3) is 0.385. The Bertz CT molecular complexity index is 401. The molecule has 0 unspecified atom stereocenters. The molecule has 0 aromatic heterocycles. The van der Waals surface area contributed by atoms with Crippen LogP contribution in [0.5, 0.6) is 5.75 Å². The first-order valence-corrected chi connectivity index (χ1v) is 5.84. The second-order valence-electron chi connectivity index (χ2n) is 3.83. The summed E-state index contributed by atoms with van der Waals surface area (Å²) in [6, 6.07) is 6.72. The smallest absolute Gasteiger partial charge is 0.225 e. The Hall–Kier alpha value is -1.88. The van der Waals surface area contributed by atoms with Gasteiger partial charge in [-0.25, -0.2) is 0 Å². The van der Waals surface area contributed by atoms with E-state index >= 15 is 0 Å². The zero-order chi connectivity index (χ0) is 13.4. The molecule has 0 radical (unpaired) electrons. The number of phenols is 1. The molecule has 0 aliphatic rings. The molecular formula is C13H18N2O3. The van der Waals surface area contributed by atoms with Gasteiger partial charge in [-0.15, -0.1) is 0 Å². The number of benzene rings is 1. The molecule has 1 aromatic rings. The highest BCUT2D eigenvalue weighted by Gasteiger charge is 2.05. The second kappa shape index (κ2) is 7.45. The highest BCUT2D eigenvalue weighted by molar-refractivity contribution is 5.97. The number of rotatable bonds is 6. The number of aryl methyl sites for hydroxylation is 1. The molecule has 0 atom stereocenters. The summed E-state index contributed by atoms with van der Waals surface area (Å²) in [5.74, 6) is 0.0852. The van der Waals surface area contributed by atoms with Crippen molar-refractivity contribution >= 4 is 11.7 Å². The van der Waals surface area contributed by atoms with Crippen molar-refractivity contribution in [1.29, 1.82) is 5.41 Å². The van der Waals surface area contributed by atoms with Crippen LogP contribution in [0.25, 0.3) is 0 Å². The summed E-state index contributed by atoms with van der Waals surface area (Å²) < 4.78 is 5.01. The molecule has 3 N–H and O–H groups in total.